The number of rotatable bonds is 5. The van der Waals surface area contributed by atoms with E-state index < -0.39 is 0 Å². The van der Waals surface area contributed by atoms with Gasteiger partial charge >= 0.3 is 0 Å². The van der Waals surface area contributed by atoms with Gasteiger partial charge in [-0.3, -0.25) is 11.3 Å². The second kappa shape index (κ2) is 6.73. The minimum atomic E-state index is 0.273. The van der Waals surface area contributed by atoms with Gasteiger partial charge in [0.2, 0.25) is 0 Å². The summed E-state index contributed by atoms with van der Waals surface area (Å²) in [5.41, 5.74) is 6.19. The first-order valence-electron chi connectivity index (χ1n) is 8.10. The van der Waals surface area contributed by atoms with Crippen LogP contribution >= 0.6 is 0 Å². The van der Waals surface area contributed by atoms with Crippen molar-refractivity contribution in [2.24, 2.45) is 17.2 Å². The van der Waals surface area contributed by atoms with Gasteiger partial charge in [0.05, 0.1) is 6.04 Å². The molecule has 0 aromatic heterocycles. The SMILES string of the molecule is CC(C)Cc1cccc(C(NN)C2(C)CCCCC2)c1. The van der Waals surface area contributed by atoms with E-state index in [0.29, 0.717) is 11.3 Å². The van der Waals surface area contributed by atoms with Gasteiger partial charge in [0, 0.05) is 0 Å². The first kappa shape index (κ1) is 15.5. The zero-order valence-corrected chi connectivity index (χ0v) is 13.3. The zero-order valence-electron chi connectivity index (χ0n) is 13.3. The maximum atomic E-state index is 5.92. The molecule has 0 spiro atoms. The summed E-state index contributed by atoms with van der Waals surface area (Å²) in [5, 5.41) is 0. The lowest BCUT2D eigenvalue weighted by Gasteiger charge is -2.41. The number of nitrogens with one attached hydrogen (secondary N) is 1. The quantitative estimate of drug-likeness (QED) is 0.618. The first-order valence-corrected chi connectivity index (χ1v) is 8.10. The Balaban J connectivity index is 2.22. The Morgan fingerprint density at radius 3 is 2.50 bits per heavy atom. The summed E-state index contributed by atoms with van der Waals surface area (Å²) in [7, 11) is 0. The summed E-state index contributed by atoms with van der Waals surface area (Å²) in [6.07, 6.45) is 7.73. The van der Waals surface area contributed by atoms with Crippen LogP contribution in [0, 0.1) is 11.3 Å². The van der Waals surface area contributed by atoms with Crippen molar-refractivity contribution in [1.29, 1.82) is 0 Å². The largest absolute Gasteiger partial charge is 0.271 e. The van der Waals surface area contributed by atoms with Crippen LogP contribution in [0.15, 0.2) is 24.3 Å². The van der Waals surface area contributed by atoms with Gasteiger partial charge in [-0.1, -0.05) is 64.3 Å². The van der Waals surface area contributed by atoms with Crippen LogP contribution in [0.5, 0.6) is 0 Å². The summed E-state index contributed by atoms with van der Waals surface area (Å²) in [6.45, 7) is 6.94. The molecule has 1 aromatic rings. The molecule has 1 saturated carbocycles. The fraction of sp³-hybridized carbons (Fsp3) is 0.667. The maximum Gasteiger partial charge on any atom is 0.0513 e. The average molecular weight is 274 g/mol. The molecule has 1 atom stereocenters. The molecule has 1 fully saturated rings. The molecule has 2 rings (SSSR count). The number of hydrazine groups is 1. The molecule has 3 N–H and O–H groups in total. The van der Waals surface area contributed by atoms with Crippen LogP contribution in [0.3, 0.4) is 0 Å². The maximum absolute atomic E-state index is 5.92. The molecule has 1 unspecified atom stereocenters. The Hall–Kier alpha value is -0.860. The van der Waals surface area contributed by atoms with Gasteiger partial charge in [-0.25, -0.2) is 0 Å². The molecular weight excluding hydrogens is 244 g/mol. The van der Waals surface area contributed by atoms with Crippen molar-refractivity contribution >= 4 is 0 Å². The molecule has 0 radical (unpaired) electrons. The number of hydrogen-bond acceptors (Lipinski definition) is 2. The third kappa shape index (κ3) is 3.62. The smallest absolute Gasteiger partial charge is 0.0513 e. The molecule has 2 heteroatoms. The average Bonchev–Trinajstić information content (AvgIpc) is 2.39. The van der Waals surface area contributed by atoms with Crippen LogP contribution in [0.25, 0.3) is 0 Å². The molecule has 0 aliphatic heterocycles. The van der Waals surface area contributed by atoms with Gasteiger partial charge in [-0.05, 0) is 41.7 Å². The highest BCUT2D eigenvalue weighted by molar-refractivity contribution is 5.28. The van der Waals surface area contributed by atoms with Crippen molar-refractivity contribution in [2.45, 2.75) is 65.3 Å². The van der Waals surface area contributed by atoms with Crippen LogP contribution in [0.2, 0.25) is 0 Å². The fourth-order valence-electron chi connectivity index (χ4n) is 3.72. The lowest BCUT2D eigenvalue weighted by atomic mass is 9.68. The molecule has 2 nitrogen and oxygen atoms in total. The van der Waals surface area contributed by atoms with Crippen molar-refractivity contribution in [3.63, 3.8) is 0 Å². The molecule has 1 aromatic carbocycles. The summed E-state index contributed by atoms with van der Waals surface area (Å²) in [4.78, 5) is 0. The molecular formula is C18H30N2. The van der Waals surface area contributed by atoms with Crippen molar-refractivity contribution in [3.8, 4) is 0 Å². The minimum absolute atomic E-state index is 0.273. The second-order valence-corrected chi connectivity index (χ2v) is 7.16. The van der Waals surface area contributed by atoms with E-state index in [9.17, 15) is 0 Å². The van der Waals surface area contributed by atoms with E-state index in [-0.39, 0.29) is 6.04 Å². The highest BCUT2D eigenvalue weighted by Crippen LogP contribution is 2.45. The molecule has 1 aliphatic carbocycles. The van der Waals surface area contributed by atoms with E-state index in [2.05, 4.69) is 50.5 Å². The van der Waals surface area contributed by atoms with Gasteiger partial charge < -0.3 is 0 Å². The predicted octanol–water partition coefficient (Wildman–Crippen LogP) is 4.36. The number of hydrogen-bond donors (Lipinski definition) is 2. The first-order chi connectivity index (χ1) is 9.55. The predicted molar refractivity (Wildman–Crippen MR) is 86.2 cm³/mol. The van der Waals surface area contributed by atoms with E-state index in [0.717, 1.165) is 6.42 Å². The summed E-state index contributed by atoms with van der Waals surface area (Å²) >= 11 is 0. The Bertz CT molecular complexity index is 419. The van der Waals surface area contributed by atoms with E-state index in [1.165, 1.54) is 43.2 Å². The number of benzene rings is 1. The summed E-state index contributed by atoms with van der Waals surface area (Å²) in [6, 6.07) is 9.28. The molecule has 112 valence electrons. The monoisotopic (exact) mass is 274 g/mol. The normalized spacial score (nSPS) is 20.1. The van der Waals surface area contributed by atoms with Gasteiger partial charge in [0.1, 0.15) is 0 Å². The Morgan fingerprint density at radius 1 is 1.20 bits per heavy atom. The van der Waals surface area contributed by atoms with Crippen molar-refractivity contribution < 1.29 is 0 Å². The van der Waals surface area contributed by atoms with Crippen LogP contribution in [-0.2, 0) is 6.42 Å². The lowest BCUT2D eigenvalue weighted by molar-refractivity contribution is 0.145. The van der Waals surface area contributed by atoms with E-state index >= 15 is 0 Å². The second-order valence-electron chi connectivity index (χ2n) is 7.16. The van der Waals surface area contributed by atoms with E-state index in [1.807, 2.05) is 0 Å². The molecule has 0 saturated heterocycles. The minimum Gasteiger partial charge on any atom is -0.271 e. The molecule has 0 heterocycles. The fourth-order valence-corrected chi connectivity index (χ4v) is 3.72. The summed E-state index contributed by atoms with van der Waals surface area (Å²) < 4.78 is 0. The van der Waals surface area contributed by atoms with Gasteiger partial charge in [0.15, 0.2) is 0 Å². The summed E-state index contributed by atoms with van der Waals surface area (Å²) in [5.74, 6) is 6.62. The van der Waals surface area contributed by atoms with Crippen LogP contribution in [-0.4, -0.2) is 0 Å². The highest BCUT2D eigenvalue weighted by Gasteiger charge is 2.35. The van der Waals surface area contributed by atoms with Crippen LogP contribution in [0.4, 0.5) is 0 Å². The van der Waals surface area contributed by atoms with Crippen molar-refractivity contribution in [3.05, 3.63) is 35.4 Å². The van der Waals surface area contributed by atoms with Crippen molar-refractivity contribution in [2.75, 3.05) is 0 Å². The standard InChI is InChI=1S/C18H30N2/c1-14(2)12-15-8-7-9-16(13-15)17(20-19)18(3)10-5-4-6-11-18/h7-9,13-14,17,20H,4-6,10-12,19H2,1-3H3. The molecule has 0 amide bonds. The van der Waals surface area contributed by atoms with E-state index in [4.69, 9.17) is 5.84 Å². The van der Waals surface area contributed by atoms with Crippen LogP contribution < -0.4 is 11.3 Å². The van der Waals surface area contributed by atoms with E-state index in [1.54, 1.807) is 0 Å². The number of nitrogens with two attached hydrogens (primary N) is 1. The lowest BCUT2D eigenvalue weighted by Crippen LogP contribution is -2.41. The molecule has 0 bridgehead atoms. The van der Waals surface area contributed by atoms with Gasteiger partial charge in [0.25, 0.3) is 0 Å². The zero-order chi connectivity index (χ0) is 14.6. The highest BCUT2D eigenvalue weighted by atomic mass is 15.2. The van der Waals surface area contributed by atoms with Crippen LogP contribution in [0.1, 0.15) is 70.0 Å². The Labute approximate surface area is 124 Å². The van der Waals surface area contributed by atoms with Gasteiger partial charge in [-0.2, -0.15) is 0 Å². The molecule has 20 heavy (non-hydrogen) atoms. The molecule has 1 aliphatic rings. The van der Waals surface area contributed by atoms with Crippen molar-refractivity contribution in [1.82, 2.24) is 5.43 Å². The van der Waals surface area contributed by atoms with Gasteiger partial charge in [-0.15, -0.1) is 0 Å². The third-order valence-electron chi connectivity index (χ3n) is 4.79. The third-order valence-corrected chi connectivity index (χ3v) is 4.79. The Kier molecular flexibility index (Phi) is 5.22. The topological polar surface area (TPSA) is 38.0 Å². The Morgan fingerprint density at radius 2 is 1.90 bits per heavy atom.